The summed E-state index contributed by atoms with van der Waals surface area (Å²) in [6.45, 7) is 3.37. The number of hydrogen-bond acceptors (Lipinski definition) is 4. The summed E-state index contributed by atoms with van der Waals surface area (Å²) in [7, 11) is 5.28. The van der Waals surface area contributed by atoms with Crippen LogP contribution in [0.1, 0.15) is 16.8 Å². The number of H-pyrrole nitrogens is 1. The second-order valence-corrected chi connectivity index (χ2v) is 6.57. The predicted octanol–water partition coefficient (Wildman–Crippen LogP) is 3.49. The lowest BCUT2D eigenvalue weighted by molar-refractivity contribution is 0.313. The zero-order valence-electron chi connectivity index (χ0n) is 15.6. The van der Waals surface area contributed by atoms with Gasteiger partial charge in [-0.3, -0.25) is 9.69 Å². The molecule has 0 radical (unpaired) electrons. The maximum absolute atomic E-state index is 12.4. The van der Waals surface area contributed by atoms with Crippen LogP contribution >= 0.6 is 0 Å². The first-order valence-electron chi connectivity index (χ1n) is 8.52. The Morgan fingerprint density at radius 3 is 2.46 bits per heavy atom. The van der Waals surface area contributed by atoms with E-state index in [0.29, 0.717) is 18.0 Å². The van der Waals surface area contributed by atoms with Crippen molar-refractivity contribution in [2.24, 2.45) is 0 Å². The molecule has 1 N–H and O–H groups in total. The Hall–Kier alpha value is -2.79. The lowest BCUT2D eigenvalue weighted by Gasteiger charge is -2.18. The van der Waals surface area contributed by atoms with E-state index in [1.54, 1.807) is 20.3 Å². The number of pyridine rings is 1. The number of nitrogens with one attached hydrogen (secondary N) is 1. The predicted molar refractivity (Wildman–Crippen MR) is 104 cm³/mol. The smallest absolute Gasteiger partial charge is 0.189 e. The molecule has 0 spiro atoms. The summed E-state index contributed by atoms with van der Waals surface area (Å²) in [5.41, 5.74) is 4.02. The molecule has 0 atom stereocenters. The molecule has 5 heteroatoms. The summed E-state index contributed by atoms with van der Waals surface area (Å²) >= 11 is 0. The third-order valence-corrected chi connectivity index (χ3v) is 4.38. The zero-order chi connectivity index (χ0) is 18.7. The molecule has 5 nitrogen and oxygen atoms in total. The second-order valence-electron chi connectivity index (χ2n) is 6.57. The zero-order valence-corrected chi connectivity index (χ0v) is 15.6. The minimum Gasteiger partial charge on any atom is -0.493 e. The van der Waals surface area contributed by atoms with E-state index in [9.17, 15) is 4.79 Å². The molecule has 0 amide bonds. The van der Waals surface area contributed by atoms with Crippen molar-refractivity contribution < 1.29 is 9.47 Å². The molecule has 0 aliphatic rings. The van der Waals surface area contributed by atoms with Gasteiger partial charge in [-0.1, -0.05) is 17.7 Å². The van der Waals surface area contributed by atoms with Crippen molar-refractivity contribution in [3.8, 4) is 11.5 Å². The molecule has 0 aliphatic carbocycles. The highest BCUT2D eigenvalue weighted by Gasteiger charge is 2.09. The molecule has 0 unspecified atom stereocenters. The van der Waals surface area contributed by atoms with Gasteiger partial charge in [0.1, 0.15) is 0 Å². The van der Waals surface area contributed by atoms with E-state index in [1.165, 1.54) is 0 Å². The highest BCUT2D eigenvalue weighted by molar-refractivity contribution is 5.79. The largest absolute Gasteiger partial charge is 0.493 e. The molecule has 3 rings (SSSR count). The molecule has 3 aromatic rings. The minimum atomic E-state index is 0.0527. The maximum Gasteiger partial charge on any atom is 0.189 e. The van der Waals surface area contributed by atoms with Crippen LogP contribution in [-0.4, -0.2) is 31.2 Å². The molecular formula is C21H24N2O3. The van der Waals surface area contributed by atoms with E-state index in [0.717, 1.165) is 34.3 Å². The van der Waals surface area contributed by atoms with E-state index in [4.69, 9.17) is 9.47 Å². The van der Waals surface area contributed by atoms with Crippen molar-refractivity contribution in [3.05, 3.63) is 69.5 Å². The van der Waals surface area contributed by atoms with Crippen molar-refractivity contribution in [1.82, 2.24) is 9.88 Å². The van der Waals surface area contributed by atoms with Crippen LogP contribution in [0.15, 0.2) is 47.3 Å². The maximum atomic E-state index is 12.4. The lowest BCUT2D eigenvalue weighted by Crippen LogP contribution is -2.19. The second kappa shape index (κ2) is 7.62. The molecule has 26 heavy (non-hydrogen) atoms. The number of fused-ring (bicyclic) bond motifs is 1. The Morgan fingerprint density at radius 1 is 0.962 bits per heavy atom. The third-order valence-electron chi connectivity index (χ3n) is 4.38. The summed E-state index contributed by atoms with van der Waals surface area (Å²) in [5, 5.41) is 0.733. The van der Waals surface area contributed by atoms with Gasteiger partial charge in [-0.15, -0.1) is 0 Å². The van der Waals surface area contributed by atoms with Crippen LogP contribution in [0.5, 0.6) is 11.5 Å². The van der Waals surface area contributed by atoms with Crippen molar-refractivity contribution >= 4 is 10.9 Å². The van der Waals surface area contributed by atoms with Crippen LogP contribution in [0.4, 0.5) is 0 Å². The number of aromatic nitrogens is 1. The molecule has 2 aromatic carbocycles. The third kappa shape index (κ3) is 3.89. The van der Waals surface area contributed by atoms with Crippen LogP contribution < -0.4 is 14.9 Å². The molecule has 0 saturated heterocycles. The number of hydrogen-bond donors (Lipinski definition) is 1. The van der Waals surface area contributed by atoms with Gasteiger partial charge in [0.25, 0.3) is 0 Å². The summed E-state index contributed by atoms with van der Waals surface area (Å²) in [4.78, 5) is 17.9. The van der Waals surface area contributed by atoms with Crippen molar-refractivity contribution in [3.63, 3.8) is 0 Å². The van der Waals surface area contributed by atoms with Crippen LogP contribution in [-0.2, 0) is 13.1 Å². The Bertz CT molecular complexity index is 979. The van der Waals surface area contributed by atoms with Crippen molar-refractivity contribution in [2.75, 3.05) is 21.3 Å². The molecule has 136 valence electrons. The first kappa shape index (κ1) is 18.0. The number of rotatable bonds is 6. The summed E-state index contributed by atoms with van der Waals surface area (Å²) in [6.07, 6.45) is 0. The van der Waals surface area contributed by atoms with Gasteiger partial charge in [0.2, 0.25) is 0 Å². The fourth-order valence-electron chi connectivity index (χ4n) is 3.14. The minimum absolute atomic E-state index is 0.0527. The molecule has 0 fully saturated rings. The van der Waals surface area contributed by atoms with Gasteiger partial charge < -0.3 is 14.5 Å². The average Bonchev–Trinajstić information content (AvgIpc) is 2.62. The average molecular weight is 352 g/mol. The molecule has 1 heterocycles. The van der Waals surface area contributed by atoms with Crippen LogP contribution in [0.3, 0.4) is 0 Å². The van der Waals surface area contributed by atoms with Gasteiger partial charge in [-0.2, -0.15) is 0 Å². The fourth-order valence-corrected chi connectivity index (χ4v) is 3.14. The standard InChI is InChI=1S/C21H24N2O3/c1-14-5-7-18-17(9-14)19(24)11-16(22-18)13-23(2)12-15-6-8-20(25-3)21(10-15)26-4/h5-11H,12-13H2,1-4H3,(H,22,24). The monoisotopic (exact) mass is 352 g/mol. The van der Waals surface area contributed by atoms with Crippen molar-refractivity contribution in [2.45, 2.75) is 20.0 Å². The Kier molecular flexibility index (Phi) is 5.28. The van der Waals surface area contributed by atoms with E-state index in [-0.39, 0.29) is 5.43 Å². The summed E-state index contributed by atoms with van der Waals surface area (Å²) < 4.78 is 10.6. The number of nitrogens with zero attached hydrogens (tertiary/aromatic N) is 1. The molecule has 0 saturated carbocycles. The van der Waals surface area contributed by atoms with Crippen LogP contribution in [0, 0.1) is 6.92 Å². The number of benzene rings is 2. The van der Waals surface area contributed by atoms with Gasteiger partial charge >= 0.3 is 0 Å². The SMILES string of the molecule is COc1ccc(CN(C)Cc2cc(=O)c3cc(C)ccc3[nH]2)cc1OC. The van der Waals surface area contributed by atoms with Crippen LogP contribution in [0.2, 0.25) is 0 Å². The van der Waals surface area contributed by atoms with Gasteiger partial charge in [0.05, 0.1) is 14.2 Å². The number of aryl methyl sites for hydroxylation is 1. The molecule has 0 bridgehead atoms. The number of aromatic amines is 1. The van der Waals surface area contributed by atoms with Crippen molar-refractivity contribution in [1.29, 1.82) is 0 Å². The lowest BCUT2D eigenvalue weighted by atomic mass is 10.1. The Labute approximate surface area is 153 Å². The van der Waals surface area contributed by atoms with E-state index >= 15 is 0 Å². The Morgan fingerprint density at radius 2 is 1.73 bits per heavy atom. The normalized spacial score (nSPS) is 11.1. The van der Waals surface area contributed by atoms with Gasteiger partial charge in [0, 0.05) is 35.8 Å². The number of methoxy groups -OCH3 is 2. The van der Waals surface area contributed by atoms with Gasteiger partial charge in [-0.25, -0.2) is 0 Å². The summed E-state index contributed by atoms with van der Waals surface area (Å²) in [5.74, 6) is 1.43. The highest BCUT2D eigenvalue weighted by atomic mass is 16.5. The quantitative estimate of drug-likeness (QED) is 0.738. The first-order valence-corrected chi connectivity index (χ1v) is 8.52. The first-order chi connectivity index (χ1) is 12.5. The summed E-state index contributed by atoms with van der Waals surface area (Å²) in [6, 6.07) is 13.5. The topological polar surface area (TPSA) is 54.6 Å². The van der Waals surface area contributed by atoms with E-state index < -0.39 is 0 Å². The van der Waals surface area contributed by atoms with Gasteiger partial charge in [-0.05, 0) is 43.8 Å². The number of ether oxygens (including phenoxy) is 2. The molecule has 1 aromatic heterocycles. The van der Waals surface area contributed by atoms with Gasteiger partial charge in [0.15, 0.2) is 16.9 Å². The Balaban J connectivity index is 1.78. The fraction of sp³-hybridized carbons (Fsp3) is 0.286. The molecular weight excluding hydrogens is 328 g/mol. The highest BCUT2D eigenvalue weighted by Crippen LogP contribution is 2.28. The van der Waals surface area contributed by atoms with E-state index in [1.807, 2.05) is 50.4 Å². The molecule has 0 aliphatic heterocycles. The van der Waals surface area contributed by atoms with Crippen LogP contribution in [0.25, 0.3) is 10.9 Å². The van der Waals surface area contributed by atoms with E-state index in [2.05, 4.69) is 9.88 Å².